The summed E-state index contributed by atoms with van der Waals surface area (Å²) in [5.74, 6) is 0. The van der Waals surface area contributed by atoms with E-state index < -0.39 is 6.10 Å². The molecule has 0 saturated carbocycles. The summed E-state index contributed by atoms with van der Waals surface area (Å²) >= 11 is 1.67. The molecule has 0 aliphatic carbocycles. The van der Waals surface area contributed by atoms with Gasteiger partial charge in [-0.1, -0.05) is 30.0 Å². The molecule has 4 heteroatoms. The molecule has 3 nitrogen and oxygen atoms in total. The van der Waals surface area contributed by atoms with E-state index in [0.29, 0.717) is 5.56 Å². The van der Waals surface area contributed by atoms with E-state index in [1.54, 1.807) is 17.8 Å². The Balaban J connectivity index is 2.08. The fourth-order valence-electron chi connectivity index (χ4n) is 2.20. The summed E-state index contributed by atoms with van der Waals surface area (Å²) in [6.07, 6.45) is -1.06. The second-order valence-corrected chi connectivity index (χ2v) is 5.47. The van der Waals surface area contributed by atoms with Gasteiger partial charge in [-0.25, -0.2) is 0 Å². The van der Waals surface area contributed by atoms with E-state index in [1.165, 1.54) is 10.6 Å². The Morgan fingerprint density at radius 2 is 1.89 bits per heavy atom. The Kier molecular flexibility index (Phi) is 2.94. The number of hydrogen-bond donors (Lipinski definition) is 1. The largest absolute Gasteiger partial charge is 0.374 e. The van der Waals surface area contributed by atoms with E-state index in [-0.39, 0.29) is 0 Å². The van der Waals surface area contributed by atoms with Gasteiger partial charge in [-0.05, 0) is 29.8 Å². The first-order valence-corrected chi connectivity index (χ1v) is 6.74. The fourth-order valence-corrected chi connectivity index (χ4v) is 3.40. The minimum atomic E-state index is -1.06. The molecule has 0 saturated heterocycles. The van der Waals surface area contributed by atoms with E-state index >= 15 is 0 Å². The Bertz CT molecular complexity index is 678. The normalized spacial score (nSPS) is 14.3. The third-order valence-electron chi connectivity index (χ3n) is 3.23. The van der Waals surface area contributed by atoms with Gasteiger partial charge >= 0.3 is 0 Å². The first kappa shape index (κ1) is 12.1. The van der Waals surface area contributed by atoms with Crippen molar-refractivity contribution in [1.82, 2.24) is 0 Å². The summed E-state index contributed by atoms with van der Waals surface area (Å²) in [4.78, 5) is 4.37. The Morgan fingerprint density at radius 3 is 2.68 bits per heavy atom. The molecule has 94 valence electrons. The van der Waals surface area contributed by atoms with Crippen molar-refractivity contribution in [1.29, 1.82) is 5.26 Å². The van der Waals surface area contributed by atoms with Crippen LogP contribution >= 0.6 is 11.8 Å². The second kappa shape index (κ2) is 4.61. The van der Waals surface area contributed by atoms with Crippen molar-refractivity contribution in [3.05, 3.63) is 48.0 Å². The molecular formula is C15H12N2OS. The summed E-state index contributed by atoms with van der Waals surface area (Å²) in [5.41, 5.74) is 2.91. The van der Waals surface area contributed by atoms with E-state index in [9.17, 15) is 5.11 Å². The molecule has 2 aromatic carbocycles. The molecule has 0 bridgehead atoms. The maximum absolute atomic E-state index is 9.61. The summed E-state index contributed by atoms with van der Waals surface area (Å²) in [6, 6.07) is 15.7. The van der Waals surface area contributed by atoms with Gasteiger partial charge in [0, 0.05) is 16.8 Å². The smallest absolute Gasteiger partial charge is 0.165 e. The Hall–Kier alpha value is -1.96. The highest BCUT2D eigenvalue weighted by molar-refractivity contribution is 7.99. The van der Waals surface area contributed by atoms with Gasteiger partial charge in [-0.15, -0.1) is 0 Å². The van der Waals surface area contributed by atoms with Crippen LogP contribution in [0.5, 0.6) is 0 Å². The average Bonchev–Trinajstić information content (AvgIpc) is 2.46. The number of aliphatic hydroxyl groups excluding tert-OH is 1. The van der Waals surface area contributed by atoms with Crippen LogP contribution in [0.3, 0.4) is 0 Å². The highest BCUT2D eigenvalue weighted by atomic mass is 32.2. The number of nitriles is 1. The average molecular weight is 268 g/mol. The van der Waals surface area contributed by atoms with Crippen molar-refractivity contribution < 1.29 is 5.11 Å². The van der Waals surface area contributed by atoms with Gasteiger partial charge in [0.2, 0.25) is 0 Å². The zero-order valence-corrected chi connectivity index (χ0v) is 11.2. The lowest BCUT2D eigenvalue weighted by Gasteiger charge is -2.29. The molecule has 2 aromatic rings. The number of para-hydroxylation sites is 1. The SMILES string of the molecule is CN1c2ccccc2Sc2cc([C@@H](O)C#N)ccc21. The van der Waals surface area contributed by atoms with Gasteiger partial charge in [0.15, 0.2) is 6.10 Å². The molecule has 1 heterocycles. The van der Waals surface area contributed by atoms with Crippen LogP contribution in [0.2, 0.25) is 0 Å². The predicted molar refractivity (Wildman–Crippen MR) is 75.6 cm³/mol. The first-order chi connectivity index (χ1) is 9.20. The minimum Gasteiger partial charge on any atom is -0.374 e. The lowest BCUT2D eigenvalue weighted by Crippen LogP contribution is -2.14. The maximum Gasteiger partial charge on any atom is 0.165 e. The molecule has 19 heavy (non-hydrogen) atoms. The van der Waals surface area contributed by atoms with Crippen LogP contribution in [-0.2, 0) is 0 Å². The fraction of sp³-hybridized carbons (Fsp3) is 0.133. The molecular weight excluding hydrogens is 256 g/mol. The summed E-state index contributed by atoms with van der Waals surface area (Å²) in [7, 11) is 2.03. The number of nitrogens with zero attached hydrogens (tertiary/aromatic N) is 2. The molecule has 0 amide bonds. The number of aliphatic hydroxyl groups is 1. The van der Waals surface area contributed by atoms with Gasteiger partial charge in [0.1, 0.15) is 0 Å². The minimum absolute atomic E-state index is 0.640. The van der Waals surface area contributed by atoms with Gasteiger partial charge in [0.25, 0.3) is 0 Å². The standard InChI is InChI=1S/C15H12N2OS/c1-17-11-4-2-3-5-14(11)19-15-8-10(13(18)9-16)6-7-12(15)17/h2-8,13,18H,1H3/t13-/m0/s1. The third kappa shape index (κ3) is 1.97. The summed E-state index contributed by atoms with van der Waals surface area (Å²) in [6.45, 7) is 0. The monoisotopic (exact) mass is 268 g/mol. The van der Waals surface area contributed by atoms with Gasteiger partial charge in [-0.2, -0.15) is 5.26 Å². The van der Waals surface area contributed by atoms with Crippen LogP contribution < -0.4 is 4.90 Å². The molecule has 0 spiro atoms. The van der Waals surface area contributed by atoms with Crippen LogP contribution in [0.4, 0.5) is 11.4 Å². The summed E-state index contributed by atoms with van der Waals surface area (Å²) < 4.78 is 0. The van der Waals surface area contributed by atoms with Crippen LogP contribution in [0, 0.1) is 11.3 Å². The topological polar surface area (TPSA) is 47.3 Å². The van der Waals surface area contributed by atoms with Gasteiger partial charge in [-0.3, -0.25) is 0 Å². The molecule has 1 aliphatic rings. The van der Waals surface area contributed by atoms with Crippen molar-refractivity contribution >= 4 is 23.1 Å². The van der Waals surface area contributed by atoms with Crippen molar-refractivity contribution in [3.63, 3.8) is 0 Å². The molecule has 1 aliphatic heterocycles. The van der Waals surface area contributed by atoms with Crippen molar-refractivity contribution in [2.24, 2.45) is 0 Å². The zero-order valence-electron chi connectivity index (χ0n) is 10.4. The van der Waals surface area contributed by atoms with Crippen molar-refractivity contribution in [2.75, 3.05) is 11.9 Å². The quantitative estimate of drug-likeness (QED) is 0.804. The maximum atomic E-state index is 9.61. The first-order valence-electron chi connectivity index (χ1n) is 5.93. The van der Waals surface area contributed by atoms with Crippen molar-refractivity contribution in [2.45, 2.75) is 15.9 Å². The van der Waals surface area contributed by atoms with Crippen LogP contribution in [0.25, 0.3) is 0 Å². The molecule has 1 N–H and O–H groups in total. The van der Waals surface area contributed by atoms with E-state index in [2.05, 4.69) is 17.0 Å². The molecule has 3 rings (SSSR count). The van der Waals surface area contributed by atoms with E-state index in [4.69, 9.17) is 5.26 Å². The highest BCUT2D eigenvalue weighted by Gasteiger charge is 2.21. The number of hydrogen-bond acceptors (Lipinski definition) is 4. The molecule has 0 fully saturated rings. The molecule has 1 atom stereocenters. The van der Waals surface area contributed by atoms with Crippen LogP contribution in [0.1, 0.15) is 11.7 Å². The molecule has 0 unspecified atom stereocenters. The lowest BCUT2D eigenvalue weighted by atomic mass is 10.1. The van der Waals surface area contributed by atoms with E-state index in [0.717, 1.165) is 10.6 Å². The molecule has 0 aromatic heterocycles. The van der Waals surface area contributed by atoms with Gasteiger partial charge < -0.3 is 10.0 Å². The van der Waals surface area contributed by atoms with Gasteiger partial charge in [0.05, 0.1) is 17.4 Å². The lowest BCUT2D eigenvalue weighted by molar-refractivity contribution is 0.235. The highest BCUT2D eigenvalue weighted by Crippen LogP contribution is 2.47. The number of benzene rings is 2. The molecule has 0 radical (unpaired) electrons. The Morgan fingerprint density at radius 1 is 1.16 bits per heavy atom. The Labute approximate surface area is 116 Å². The van der Waals surface area contributed by atoms with Crippen LogP contribution in [-0.4, -0.2) is 12.2 Å². The van der Waals surface area contributed by atoms with E-state index in [1.807, 2.05) is 37.4 Å². The third-order valence-corrected chi connectivity index (χ3v) is 4.34. The number of rotatable bonds is 1. The number of anilines is 2. The summed E-state index contributed by atoms with van der Waals surface area (Å²) in [5, 5.41) is 18.4. The van der Waals surface area contributed by atoms with Crippen LogP contribution in [0.15, 0.2) is 52.3 Å². The van der Waals surface area contributed by atoms with Crippen molar-refractivity contribution in [3.8, 4) is 6.07 Å². The second-order valence-electron chi connectivity index (χ2n) is 4.39. The zero-order chi connectivity index (χ0) is 13.4. The number of fused-ring (bicyclic) bond motifs is 2. The predicted octanol–water partition coefficient (Wildman–Crippen LogP) is 3.48.